The summed E-state index contributed by atoms with van der Waals surface area (Å²) in [6.45, 7) is 2.57. The highest BCUT2D eigenvalue weighted by molar-refractivity contribution is 6.40. The maximum absolute atomic E-state index is 5.98. The fourth-order valence-corrected chi connectivity index (χ4v) is 2.34. The van der Waals surface area contributed by atoms with Gasteiger partial charge in [0.1, 0.15) is 0 Å². The molecule has 0 amide bonds. The second-order valence-corrected chi connectivity index (χ2v) is 5.27. The highest BCUT2D eigenvalue weighted by Crippen LogP contribution is 2.35. The Kier molecular flexibility index (Phi) is 6.42. The normalized spacial score (nSPS) is 12.5. The monoisotopic (exact) mass is 295 g/mol. The lowest BCUT2D eigenvalue weighted by Crippen LogP contribution is -2.14. The quantitative estimate of drug-likeness (QED) is 0.782. The van der Waals surface area contributed by atoms with Gasteiger partial charge in [0.2, 0.25) is 0 Å². The van der Waals surface area contributed by atoms with E-state index in [1.165, 1.54) is 0 Å². The molecule has 17 heavy (non-hydrogen) atoms. The molecule has 0 saturated carbocycles. The Morgan fingerprint density at radius 1 is 1.18 bits per heavy atom. The molecule has 1 unspecified atom stereocenters. The smallest absolute Gasteiger partial charge is 0.156 e. The van der Waals surface area contributed by atoms with Gasteiger partial charge in [0.15, 0.2) is 5.75 Å². The van der Waals surface area contributed by atoms with Crippen LogP contribution in [0.15, 0.2) is 12.1 Å². The number of hydrogen-bond donors (Lipinski definition) is 1. The summed E-state index contributed by atoms with van der Waals surface area (Å²) in [5.74, 6) is 0.499. The third kappa shape index (κ3) is 5.35. The number of nitrogens with two attached hydrogens (primary N) is 1. The van der Waals surface area contributed by atoms with Gasteiger partial charge in [-0.15, -0.1) is 0 Å². The Hall–Kier alpha value is -0.150. The van der Waals surface area contributed by atoms with Gasteiger partial charge in [-0.3, -0.25) is 0 Å². The predicted octanol–water partition coefficient (Wildman–Crippen LogP) is 4.54. The van der Waals surface area contributed by atoms with Gasteiger partial charge < -0.3 is 10.5 Å². The van der Waals surface area contributed by atoms with E-state index in [1.807, 2.05) is 6.92 Å². The summed E-state index contributed by atoms with van der Waals surface area (Å²) in [7, 11) is 0. The first-order valence-corrected chi connectivity index (χ1v) is 6.67. The van der Waals surface area contributed by atoms with Crippen molar-refractivity contribution in [3.8, 4) is 5.75 Å². The Labute approximate surface area is 117 Å². The minimum absolute atomic E-state index is 0.234. The lowest BCUT2D eigenvalue weighted by Gasteiger charge is -2.10. The van der Waals surface area contributed by atoms with Gasteiger partial charge in [-0.25, -0.2) is 0 Å². The van der Waals surface area contributed by atoms with Crippen molar-refractivity contribution in [3.63, 3.8) is 0 Å². The van der Waals surface area contributed by atoms with Crippen molar-refractivity contribution in [1.29, 1.82) is 0 Å². The summed E-state index contributed by atoms with van der Waals surface area (Å²) >= 11 is 17.8. The van der Waals surface area contributed by atoms with E-state index in [1.54, 1.807) is 12.1 Å². The van der Waals surface area contributed by atoms with E-state index >= 15 is 0 Å². The first-order chi connectivity index (χ1) is 8.00. The molecule has 1 aromatic carbocycles. The zero-order valence-electron chi connectivity index (χ0n) is 9.68. The lowest BCUT2D eigenvalue weighted by atomic mass is 10.1. The molecule has 5 heteroatoms. The molecular formula is C12H16Cl3NO. The van der Waals surface area contributed by atoms with Crippen molar-refractivity contribution in [1.82, 2.24) is 0 Å². The number of unbranched alkanes of at least 4 members (excludes halogenated alkanes) is 1. The second-order valence-electron chi connectivity index (χ2n) is 4.02. The highest BCUT2D eigenvalue weighted by Gasteiger charge is 2.08. The Balaban J connectivity index is 2.42. The molecule has 0 aromatic heterocycles. The average molecular weight is 297 g/mol. The van der Waals surface area contributed by atoms with Crippen LogP contribution in [0, 0.1) is 0 Å². The Morgan fingerprint density at radius 3 is 2.29 bits per heavy atom. The molecule has 2 N–H and O–H groups in total. The molecule has 1 rings (SSSR count). The Morgan fingerprint density at radius 2 is 1.76 bits per heavy atom. The van der Waals surface area contributed by atoms with Crippen LogP contribution in [0.1, 0.15) is 26.2 Å². The number of hydrogen-bond acceptors (Lipinski definition) is 2. The SMILES string of the molecule is CC(N)CCCCOc1c(Cl)cc(Cl)cc1Cl. The minimum Gasteiger partial charge on any atom is -0.490 e. The molecule has 0 fully saturated rings. The molecule has 0 aliphatic rings. The number of halogens is 3. The Bertz CT molecular complexity index is 346. The first kappa shape index (κ1) is 14.9. The maximum Gasteiger partial charge on any atom is 0.156 e. The number of rotatable bonds is 6. The number of benzene rings is 1. The molecule has 96 valence electrons. The fourth-order valence-electron chi connectivity index (χ4n) is 1.41. The van der Waals surface area contributed by atoms with Crippen LogP contribution >= 0.6 is 34.8 Å². The summed E-state index contributed by atoms with van der Waals surface area (Å²) in [5.41, 5.74) is 5.65. The molecule has 0 radical (unpaired) electrons. The number of ether oxygens (including phenoxy) is 1. The fraction of sp³-hybridized carbons (Fsp3) is 0.500. The van der Waals surface area contributed by atoms with E-state index in [0.29, 0.717) is 27.4 Å². The molecule has 0 aliphatic carbocycles. The van der Waals surface area contributed by atoms with Crippen LogP contribution in [0.25, 0.3) is 0 Å². The van der Waals surface area contributed by atoms with Gasteiger partial charge in [0.05, 0.1) is 16.7 Å². The maximum atomic E-state index is 5.98. The van der Waals surface area contributed by atoms with Crippen LogP contribution in [0.4, 0.5) is 0 Å². The van der Waals surface area contributed by atoms with E-state index in [2.05, 4.69) is 0 Å². The van der Waals surface area contributed by atoms with Crippen LogP contribution in [0.5, 0.6) is 5.75 Å². The van der Waals surface area contributed by atoms with Crippen LogP contribution in [-0.2, 0) is 0 Å². The summed E-state index contributed by atoms with van der Waals surface area (Å²) in [5, 5.41) is 1.38. The van der Waals surface area contributed by atoms with E-state index in [-0.39, 0.29) is 6.04 Å². The average Bonchev–Trinajstić information content (AvgIpc) is 2.20. The van der Waals surface area contributed by atoms with Crippen molar-refractivity contribution in [2.45, 2.75) is 32.2 Å². The van der Waals surface area contributed by atoms with Crippen molar-refractivity contribution in [2.24, 2.45) is 5.73 Å². The first-order valence-electron chi connectivity index (χ1n) is 5.53. The molecule has 1 aromatic rings. The largest absolute Gasteiger partial charge is 0.490 e. The molecule has 0 spiro atoms. The molecule has 0 aliphatic heterocycles. The van der Waals surface area contributed by atoms with Crippen LogP contribution in [-0.4, -0.2) is 12.6 Å². The summed E-state index contributed by atoms with van der Waals surface area (Å²) in [4.78, 5) is 0. The van der Waals surface area contributed by atoms with E-state index in [4.69, 9.17) is 45.3 Å². The zero-order valence-corrected chi connectivity index (χ0v) is 11.9. The van der Waals surface area contributed by atoms with Crippen molar-refractivity contribution >= 4 is 34.8 Å². The van der Waals surface area contributed by atoms with Gasteiger partial charge in [-0.2, -0.15) is 0 Å². The minimum atomic E-state index is 0.234. The predicted molar refractivity (Wildman–Crippen MR) is 74.5 cm³/mol. The summed E-state index contributed by atoms with van der Waals surface area (Å²) in [6, 6.07) is 3.47. The van der Waals surface area contributed by atoms with E-state index < -0.39 is 0 Å². The van der Waals surface area contributed by atoms with Crippen LogP contribution in [0.2, 0.25) is 15.1 Å². The third-order valence-electron chi connectivity index (χ3n) is 2.26. The molecule has 0 heterocycles. The van der Waals surface area contributed by atoms with Gasteiger partial charge >= 0.3 is 0 Å². The molecule has 0 saturated heterocycles. The van der Waals surface area contributed by atoms with Crippen molar-refractivity contribution in [2.75, 3.05) is 6.61 Å². The molecule has 2 nitrogen and oxygen atoms in total. The zero-order chi connectivity index (χ0) is 12.8. The van der Waals surface area contributed by atoms with Gasteiger partial charge in [0, 0.05) is 11.1 Å². The lowest BCUT2D eigenvalue weighted by molar-refractivity contribution is 0.304. The van der Waals surface area contributed by atoms with E-state index in [0.717, 1.165) is 19.3 Å². The molecule has 0 bridgehead atoms. The van der Waals surface area contributed by atoms with Crippen LogP contribution in [0.3, 0.4) is 0 Å². The summed E-state index contributed by atoms with van der Waals surface area (Å²) in [6.07, 6.45) is 2.95. The topological polar surface area (TPSA) is 35.2 Å². The van der Waals surface area contributed by atoms with Gasteiger partial charge in [-0.05, 0) is 38.3 Å². The summed E-state index contributed by atoms with van der Waals surface area (Å²) < 4.78 is 5.54. The molecule has 1 atom stereocenters. The van der Waals surface area contributed by atoms with Crippen molar-refractivity contribution < 1.29 is 4.74 Å². The molecular weight excluding hydrogens is 280 g/mol. The highest BCUT2D eigenvalue weighted by atomic mass is 35.5. The van der Waals surface area contributed by atoms with E-state index in [9.17, 15) is 0 Å². The van der Waals surface area contributed by atoms with Crippen molar-refractivity contribution in [3.05, 3.63) is 27.2 Å². The van der Waals surface area contributed by atoms with Crippen LogP contribution < -0.4 is 10.5 Å². The second kappa shape index (κ2) is 7.32. The van der Waals surface area contributed by atoms with Gasteiger partial charge in [-0.1, -0.05) is 34.8 Å². The third-order valence-corrected chi connectivity index (χ3v) is 3.04. The standard InChI is InChI=1S/C12H16Cl3NO/c1-8(16)4-2-3-5-17-12-10(14)6-9(13)7-11(12)15/h6-8H,2-5,16H2,1H3. The van der Waals surface area contributed by atoms with Gasteiger partial charge in [0.25, 0.3) is 0 Å².